The van der Waals surface area contributed by atoms with Gasteiger partial charge in [0, 0.05) is 24.4 Å². The van der Waals surface area contributed by atoms with Crippen LogP contribution in [0.15, 0.2) is 4.99 Å². The van der Waals surface area contributed by atoms with Crippen molar-refractivity contribution < 1.29 is 0 Å². The van der Waals surface area contributed by atoms with Gasteiger partial charge in [0.1, 0.15) is 0 Å². The van der Waals surface area contributed by atoms with E-state index in [0.717, 1.165) is 19.0 Å². The summed E-state index contributed by atoms with van der Waals surface area (Å²) >= 11 is 1.93. The Morgan fingerprint density at radius 1 is 1.53 bits per heavy atom. The van der Waals surface area contributed by atoms with E-state index in [9.17, 15) is 0 Å². The van der Waals surface area contributed by atoms with Crippen molar-refractivity contribution in [2.24, 2.45) is 10.9 Å². The Morgan fingerprint density at radius 2 is 2.35 bits per heavy atom. The molecule has 2 aliphatic heterocycles. The molecular weight excluding hydrogens is 230 g/mol. The topological polar surface area (TPSA) is 27.6 Å². The number of aliphatic imine (C=N–C) groups is 1. The summed E-state index contributed by atoms with van der Waals surface area (Å²) in [5.41, 5.74) is 0. The van der Waals surface area contributed by atoms with Gasteiger partial charge in [-0.1, -0.05) is 18.7 Å². The molecule has 0 aromatic heterocycles. The second-order valence-corrected chi connectivity index (χ2v) is 6.71. The number of thioether (sulfide) groups is 1. The van der Waals surface area contributed by atoms with Crippen molar-refractivity contribution in [2.45, 2.75) is 44.9 Å². The molecule has 1 fully saturated rings. The molecule has 1 saturated heterocycles. The van der Waals surface area contributed by atoms with Crippen LogP contribution in [0.25, 0.3) is 0 Å². The quantitative estimate of drug-likeness (QED) is 0.834. The van der Waals surface area contributed by atoms with Gasteiger partial charge in [0.15, 0.2) is 5.17 Å². The molecule has 2 aliphatic rings. The minimum atomic E-state index is 0.697. The van der Waals surface area contributed by atoms with Gasteiger partial charge in [0.05, 0.1) is 6.54 Å². The summed E-state index contributed by atoms with van der Waals surface area (Å²) in [5.74, 6) is 0.807. The van der Waals surface area contributed by atoms with Gasteiger partial charge < -0.3 is 10.2 Å². The third kappa shape index (κ3) is 3.62. The third-order valence-electron chi connectivity index (χ3n) is 3.76. The van der Waals surface area contributed by atoms with Crippen molar-refractivity contribution in [2.75, 3.05) is 26.2 Å². The maximum atomic E-state index is 4.56. The summed E-state index contributed by atoms with van der Waals surface area (Å²) in [6.07, 6.45) is 2.56. The molecule has 0 aromatic rings. The molecule has 2 heterocycles. The monoisotopic (exact) mass is 255 g/mol. The van der Waals surface area contributed by atoms with Gasteiger partial charge in [0.2, 0.25) is 0 Å². The lowest BCUT2D eigenvalue weighted by Crippen LogP contribution is -2.31. The summed E-state index contributed by atoms with van der Waals surface area (Å²) in [5, 5.41) is 5.43. The van der Waals surface area contributed by atoms with E-state index in [1.807, 2.05) is 11.8 Å². The van der Waals surface area contributed by atoms with Crippen molar-refractivity contribution in [1.82, 2.24) is 10.2 Å². The molecule has 0 saturated carbocycles. The number of amidine groups is 1. The fourth-order valence-corrected chi connectivity index (χ4v) is 3.40. The second kappa shape index (κ2) is 6.10. The molecule has 1 N–H and O–H groups in total. The Bertz CT molecular complexity index is 278. The molecule has 17 heavy (non-hydrogen) atoms. The fraction of sp³-hybridized carbons (Fsp3) is 0.923. The zero-order valence-electron chi connectivity index (χ0n) is 11.3. The smallest absolute Gasteiger partial charge is 0.156 e. The molecule has 0 aromatic carbocycles. The van der Waals surface area contributed by atoms with E-state index in [2.05, 4.69) is 36.0 Å². The zero-order chi connectivity index (χ0) is 12.3. The number of nitrogens with one attached hydrogen (secondary N) is 1. The van der Waals surface area contributed by atoms with Gasteiger partial charge in [0.25, 0.3) is 0 Å². The van der Waals surface area contributed by atoms with Crippen LogP contribution in [0.3, 0.4) is 0 Å². The number of hydrogen-bond acceptors (Lipinski definition) is 4. The molecule has 0 spiro atoms. The first kappa shape index (κ1) is 13.2. The summed E-state index contributed by atoms with van der Waals surface area (Å²) in [4.78, 5) is 7.13. The molecule has 2 unspecified atom stereocenters. The number of nitrogens with zero attached hydrogens (tertiary/aromatic N) is 2. The van der Waals surface area contributed by atoms with E-state index in [4.69, 9.17) is 0 Å². The average Bonchev–Trinajstić information content (AvgIpc) is 2.95. The lowest BCUT2D eigenvalue weighted by molar-refractivity contribution is 0.265. The molecule has 2 atom stereocenters. The molecule has 3 nitrogen and oxygen atoms in total. The van der Waals surface area contributed by atoms with Gasteiger partial charge in [-0.15, -0.1) is 0 Å². The van der Waals surface area contributed by atoms with Gasteiger partial charge >= 0.3 is 0 Å². The first-order valence-electron chi connectivity index (χ1n) is 6.88. The van der Waals surface area contributed by atoms with E-state index in [1.165, 1.54) is 31.1 Å². The standard InChI is InChI=1S/C13H25N3S/c1-4-12-8-15-13(17-12)14-7-11-5-6-16(9-11)10(2)3/h10-12H,4-9H2,1-3H3,(H,14,15). The highest BCUT2D eigenvalue weighted by Crippen LogP contribution is 2.23. The summed E-state index contributed by atoms with van der Waals surface area (Å²) in [7, 11) is 0. The lowest BCUT2D eigenvalue weighted by Gasteiger charge is -2.20. The SMILES string of the molecule is CCC1CN=C(NCC2CCN(C(C)C)C2)S1. The Balaban J connectivity index is 1.67. The Kier molecular flexibility index (Phi) is 4.74. The van der Waals surface area contributed by atoms with Crippen molar-refractivity contribution in [3.8, 4) is 0 Å². The van der Waals surface area contributed by atoms with E-state index in [1.54, 1.807) is 0 Å². The maximum Gasteiger partial charge on any atom is 0.156 e. The highest BCUT2D eigenvalue weighted by molar-refractivity contribution is 8.14. The molecular formula is C13H25N3S. The Hall–Kier alpha value is -0.220. The van der Waals surface area contributed by atoms with Crippen LogP contribution in [0.1, 0.15) is 33.6 Å². The molecule has 4 heteroatoms. The van der Waals surface area contributed by atoms with Crippen LogP contribution >= 0.6 is 11.8 Å². The van der Waals surface area contributed by atoms with Crippen molar-refractivity contribution >= 4 is 16.9 Å². The molecule has 2 rings (SSSR count). The van der Waals surface area contributed by atoms with Gasteiger partial charge in [-0.05, 0) is 39.2 Å². The molecule has 0 aliphatic carbocycles. The van der Waals surface area contributed by atoms with E-state index < -0.39 is 0 Å². The van der Waals surface area contributed by atoms with Gasteiger partial charge in [-0.3, -0.25) is 4.99 Å². The first-order valence-corrected chi connectivity index (χ1v) is 7.76. The summed E-state index contributed by atoms with van der Waals surface area (Å²) in [6, 6.07) is 0.697. The molecule has 0 amide bonds. The maximum absolute atomic E-state index is 4.56. The summed E-state index contributed by atoms with van der Waals surface area (Å²) in [6.45, 7) is 11.4. The molecule has 0 radical (unpaired) electrons. The Labute approximate surface area is 109 Å². The lowest BCUT2D eigenvalue weighted by atomic mass is 10.1. The van der Waals surface area contributed by atoms with Crippen molar-refractivity contribution in [3.05, 3.63) is 0 Å². The average molecular weight is 255 g/mol. The van der Waals surface area contributed by atoms with Crippen LogP contribution in [0, 0.1) is 5.92 Å². The number of likely N-dealkylation sites (tertiary alicyclic amines) is 1. The van der Waals surface area contributed by atoms with Crippen LogP contribution in [-0.4, -0.2) is 47.5 Å². The highest BCUT2D eigenvalue weighted by atomic mass is 32.2. The minimum Gasteiger partial charge on any atom is -0.365 e. The predicted molar refractivity (Wildman–Crippen MR) is 76.8 cm³/mol. The van der Waals surface area contributed by atoms with Crippen LogP contribution < -0.4 is 5.32 Å². The predicted octanol–water partition coefficient (Wildman–Crippen LogP) is 2.19. The third-order valence-corrected chi connectivity index (χ3v) is 5.07. The number of hydrogen-bond donors (Lipinski definition) is 1. The first-order chi connectivity index (χ1) is 8.19. The van der Waals surface area contributed by atoms with E-state index in [-0.39, 0.29) is 0 Å². The van der Waals surface area contributed by atoms with E-state index in [0.29, 0.717) is 11.3 Å². The van der Waals surface area contributed by atoms with Crippen LogP contribution in [0.2, 0.25) is 0 Å². The van der Waals surface area contributed by atoms with Gasteiger partial charge in [-0.25, -0.2) is 0 Å². The highest BCUT2D eigenvalue weighted by Gasteiger charge is 2.25. The fourth-order valence-electron chi connectivity index (χ4n) is 2.46. The van der Waals surface area contributed by atoms with Crippen molar-refractivity contribution in [1.29, 1.82) is 0 Å². The minimum absolute atomic E-state index is 0.697. The normalized spacial score (nSPS) is 30.0. The van der Waals surface area contributed by atoms with Crippen LogP contribution in [-0.2, 0) is 0 Å². The van der Waals surface area contributed by atoms with Crippen molar-refractivity contribution in [3.63, 3.8) is 0 Å². The van der Waals surface area contributed by atoms with Crippen LogP contribution in [0.4, 0.5) is 0 Å². The summed E-state index contributed by atoms with van der Waals surface area (Å²) < 4.78 is 0. The number of rotatable bonds is 4. The van der Waals surface area contributed by atoms with Gasteiger partial charge in [-0.2, -0.15) is 0 Å². The van der Waals surface area contributed by atoms with Crippen LogP contribution in [0.5, 0.6) is 0 Å². The largest absolute Gasteiger partial charge is 0.365 e. The Morgan fingerprint density at radius 3 is 2.94 bits per heavy atom. The zero-order valence-corrected chi connectivity index (χ0v) is 12.1. The molecule has 0 bridgehead atoms. The molecule has 98 valence electrons. The van der Waals surface area contributed by atoms with E-state index >= 15 is 0 Å². The second-order valence-electron chi connectivity index (χ2n) is 5.42.